The molecule has 5 heteroatoms. The van der Waals surface area contributed by atoms with Crippen molar-refractivity contribution >= 4 is 5.96 Å². The van der Waals surface area contributed by atoms with Gasteiger partial charge in [-0.2, -0.15) is 5.10 Å². The van der Waals surface area contributed by atoms with E-state index in [1.165, 1.54) is 42.6 Å². The van der Waals surface area contributed by atoms with E-state index in [2.05, 4.69) is 41.5 Å². The van der Waals surface area contributed by atoms with Gasteiger partial charge in [0, 0.05) is 38.4 Å². The number of hydrogen-bond donors (Lipinski definition) is 2. The Bertz CT molecular complexity index is 534. The molecule has 2 rings (SSSR count). The normalized spacial score (nSPS) is 17.0. The highest BCUT2D eigenvalue weighted by atomic mass is 15.3. The second-order valence-electron chi connectivity index (χ2n) is 6.69. The van der Waals surface area contributed by atoms with Gasteiger partial charge in [0.15, 0.2) is 5.96 Å². The van der Waals surface area contributed by atoms with Gasteiger partial charge in [0.05, 0.1) is 5.69 Å². The Labute approximate surface area is 141 Å². The van der Waals surface area contributed by atoms with Crippen molar-refractivity contribution in [3.05, 3.63) is 17.0 Å². The summed E-state index contributed by atoms with van der Waals surface area (Å²) >= 11 is 0. The molecular formula is C18H33N5. The molecule has 0 unspecified atom stereocenters. The van der Waals surface area contributed by atoms with Gasteiger partial charge in [-0.05, 0) is 37.5 Å². The Morgan fingerprint density at radius 2 is 1.96 bits per heavy atom. The highest BCUT2D eigenvalue weighted by molar-refractivity contribution is 5.79. The fourth-order valence-electron chi connectivity index (χ4n) is 3.59. The molecule has 1 fully saturated rings. The number of hydrogen-bond acceptors (Lipinski definition) is 2. The first-order valence-electron chi connectivity index (χ1n) is 9.07. The van der Waals surface area contributed by atoms with E-state index in [9.17, 15) is 0 Å². The minimum absolute atomic E-state index is 0.495. The van der Waals surface area contributed by atoms with Crippen LogP contribution in [0.25, 0.3) is 0 Å². The van der Waals surface area contributed by atoms with E-state index in [1.807, 2.05) is 18.8 Å². The van der Waals surface area contributed by atoms with Crippen LogP contribution >= 0.6 is 0 Å². The van der Waals surface area contributed by atoms with Crippen LogP contribution in [0.5, 0.6) is 0 Å². The van der Waals surface area contributed by atoms with Crippen molar-refractivity contribution < 1.29 is 0 Å². The van der Waals surface area contributed by atoms with E-state index in [1.54, 1.807) is 0 Å². The molecule has 0 radical (unpaired) electrons. The largest absolute Gasteiger partial charge is 0.356 e. The minimum atomic E-state index is 0.495. The zero-order valence-electron chi connectivity index (χ0n) is 15.5. The zero-order chi connectivity index (χ0) is 16.9. The van der Waals surface area contributed by atoms with Crippen molar-refractivity contribution in [2.75, 3.05) is 13.6 Å². The van der Waals surface area contributed by atoms with Crippen molar-refractivity contribution in [1.29, 1.82) is 0 Å². The fourth-order valence-corrected chi connectivity index (χ4v) is 3.59. The van der Waals surface area contributed by atoms with Crippen molar-refractivity contribution in [3.8, 4) is 0 Å². The summed E-state index contributed by atoms with van der Waals surface area (Å²) in [6.45, 7) is 8.47. The third-order valence-electron chi connectivity index (χ3n) is 5.48. The van der Waals surface area contributed by atoms with Gasteiger partial charge in [-0.3, -0.25) is 9.67 Å². The van der Waals surface area contributed by atoms with Crippen LogP contribution in [0.4, 0.5) is 0 Å². The number of aliphatic imine (C=N–C) groups is 1. The molecule has 0 spiro atoms. The quantitative estimate of drug-likeness (QED) is 0.600. The Balaban J connectivity index is 1.96. The molecule has 0 aliphatic heterocycles. The van der Waals surface area contributed by atoms with E-state index >= 15 is 0 Å². The summed E-state index contributed by atoms with van der Waals surface area (Å²) in [7, 11) is 3.88. The highest BCUT2D eigenvalue weighted by Crippen LogP contribution is 2.42. The summed E-state index contributed by atoms with van der Waals surface area (Å²) in [4.78, 5) is 4.38. The molecule has 1 aliphatic carbocycles. The van der Waals surface area contributed by atoms with Gasteiger partial charge in [-0.1, -0.05) is 27.2 Å². The molecule has 0 aromatic carbocycles. The van der Waals surface area contributed by atoms with Crippen LogP contribution in [-0.4, -0.2) is 29.3 Å². The van der Waals surface area contributed by atoms with Crippen LogP contribution in [0.15, 0.2) is 4.99 Å². The van der Waals surface area contributed by atoms with Crippen molar-refractivity contribution in [1.82, 2.24) is 20.4 Å². The summed E-state index contributed by atoms with van der Waals surface area (Å²) in [6.07, 6.45) is 7.28. The summed E-state index contributed by atoms with van der Waals surface area (Å²) in [6, 6.07) is 0. The SMILES string of the molecule is CCc1nn(C)c(CC)c1CNC(=NC)NCC1(CC)CCC1. The number of aromatic nitrogens is 2. The molecule has 1 aromatic rings. The number of nitrogens with one attached hydrogen (secondary N) is 2. The first kappa shape index (κ1) is 17.8. The lowest BCUT2D eigenvalue weighted by Crippen LogP contribution is -2.46. The van der Waals surface area contributed by atoms with E-state index in [-0.39, 0.29) is 0 Å². The van der Waals surface area contributed by atoms with Crippen molar-refractivity contribution in [3.63, 3.8) is 0 Å². The maximum Gasteiger partial charge on any atom is 0.191 e. The lowest BCUT2D eigenvalue weighted by atomic mass is 9.67. The molecular weight excluding hydrogens is 286 g/mol. The van der Waals surface area contributed by atoms with Crippen LogP contribution in [0, 0.1) is 5.41 Å². The topological polar surface area (TPSA) is 54.2 Å². The molecule has 0 saturated heterocycles. The summed E-state index contributed by atoms with van der Waals surface area (Å²) in [5.74, 6) is 0.901. The number of aryl methyl sites for hydroxylation is 2. The van der Waals surface area contributed by atoms with E-state index in [4.69, 9.17) is 0 Å². The molecule has 2 N–H and O–H groups in total. The highest BCUT2D eigenvalue weighted by Gasteiger charge is 2.34. The summed E-state index contributed by atoms with van der Waals surface area (Å²) in [5, 5.41) is 11.6. The standard InChI is InChI=1S/C18H33N5/c1-6-15-14(16(7-2)23(5)22-15)12-20-17(19-4)21-13-18(8-3)10-9-11-18/h6-13H2,1-5H3,(H2,19,20,21). The predicted molar refractivity (Wildman–Crippen MR) is 96.7 cm³/mol. The van der Waals surface area contributed by atoms with Gasteiger partial charge in [0.25, 0.3) is 0 Å². The second kappa shape index (κ2) is 7.84. The van der Waals surface area contributed by atoms with Crippen molar-refractivity contribution in [2.24, 2.45) is 17.5 Å². The lowest BCUT2D eigenvalue weighted by molar-refractivity contribution is 0.131. The Kier molecular flexibility index (Phi) is 6.08. The fraction of sp³-hybridized carbons (Fsp3) is 0.778. The molecule has 130 valence electrons. The number of nitrogens with zero attached hydrogens (tertiary/aromatic N) is 3. The Hall–Kier alpha value is -1.52. The van der Waals surface area contributed by atoms with Crippen molar-refractivity contribution in [2.45, 2.75) is 65.8 Å². The molecule has 23 heavy (non-hydrogen) atoms. The van der Waals surface area contributed by atoms with E-state index in [0.29, 0.717) is 5.41 Å². The maximum absolute atomic E-state index is 4.64. The van der Waals surface area contributed by atoms with Gasteiger partial charge in [-0.15, -0.1) is 0 Å². The lowest BCUT2D eigenvalue weighted by Gasteiger charge is -2.41. The van der Waals surface area contributed by atoms with Crippen LogP contribution in [0.2, 0.25) is 0 Å². The van der Waals surface area contributed by atoms with Gasteiger partial charge in [0.2, 0.25) is 0 Å². The van der Waals surface area contributed by atoms with Gasteiger partial charge in [0.1, 0.15) is 0 Å². The average molecular weight is 319 g/mol. The number of rotatable bonds is 7. The molecule has 1 aromatic heterocycles. The molecule has 1 heterocycles. The van der Waals surface area contributed by atoms with Crippen LogP contribution in [0.3, 0.4) is 0 Å². The first-order valence-corrected chi connectivity index (χ1v) is 9.07. The second-order valence-corrected chi connectivity index (χ2v) is 6.69. The molecule has 5 nitrogen and oxygen atoms in total. The van der Waals surface area contributed by atoms with Crippen LogP contribution in [-0.2, 0) is 26.4 Å². The van der Waals surface area contributed by atoms with Gasteiger partial charge >= 0.3 is 0 Å². The molecule has 1 saturated carbocycles. The van der Waals surface area contributed by atoms with Crippen LogP contribution in [0.1, 0.15) is 63.4 Å². The first-order chi connectivity index (χ1) is 11.1. The Morgan fingerprint density at radius 3 is 2.43 bits per heavy atom. The number of guanidine groups is 1. The predicted octanol–water partition coefficient (Wildman–Crippen LogP) is 2.79. The smallest absolute Gasteiger partial charge is 0.191 e. The van der Waals surface area contributed by atoms with E-state index in [0.717, 1.165) is 31.9 Å². The molecule has 1 aliphatic rings. The minimum Gasteiger partial charge on any atom is -0.356 e. The third-order valence-corrected chi connectivity index (χ3v) is 5.48. The zero-order valence-corrected chi connectivity index (χ0v) is 15.5. The maximum atomic E-state index is 4.64. The Morgan fingerprint density at radius 1 is 1.22 bits per heavy atom. The molecule has 0 bridgehead atoms. The third kappa shape index (κ3) is 3.88. The monoisotopic (exact) mass is 319 g/mol. The van der Waals surface area contributed by atoms with Crippen LogP contribution < -0.4 is 10.6 Å². The van der Waals surface area contributed by atoms with Gasteiger partial charge < -0.3 is 10.6 Å². The van der Waals surface area contributed by atoms with E-state index < -0.39 is 0 Å². The van der Waals surface area contributed by atoms with Gasteiger partial charge in [-0.25, -0.2) is 0 Å². The average Bonchev–Trinajstić information content (AvgIpc) is 2.84. The summed E-state index contributed by atoms with van der Waals surface area (Å²) < 4.78 is 2.02. The molecule has 0 amide bonds. The summed E-state index contributed by atoms with van der Waals surface area (Å²) in [5.41, 5.74) is 4.33. The molecule has 0 atom stereocenters.